The highest BCUT2D eigenvalue weighted by Crippen LogP contribution is 2.31. The maximum absolute atomic E-state index is 12.4. The maximum Gasteiger partial charge on any atom is 0.237 e. The molecular formula is C16H22N4O3S. The van der Waals surface area contributed by atoms with Gasteiger partial charge in [-0.1, -0.05) is 11.8 Å². The molecule has 24 heavy (non-hydrogen) atoms. The van der Waals surface area contributed by atoms with E-state index >= 15 is 0 Å². The number of methoxy groups -OCH3 is 2. The Hall–Kier alpha value is -2.22. The van der Waals surface area contributed by atoms with E-state index in [9.17, 15) is 4.79 Å². The highest BCUT2D eigenvalue weighted by Gasteiger charge is 2.16. The molecule has 0 fully saturated rings. The molecule has 1 heterocycles. The van der Waals surface area contributed by atoms with Gasteiger partial charge in [0, 0.05) is 24.8 Å². The van der Waals surface area contributed by atoms with Gasteiger partial charge >= 0.3 is 0 Å². The average molecular weight is 350 g/mol. The van der Waals surface area contributed by atoms with Crippen molar-refractivity contribution in [1.29, 1.82) is 0 Å². The smallest absolute Gasteiger partial charge is 0.237 e. The number of nitrogens with zero attached hydrogens (tertiary/aromatic N) is 4. The third kappa shape index (κ3) is 4.00. The van der Waals surface area contributed by atoms with Gasteiger partial charge in [0.1, 0.15) is 6.33 Å². The zero-order valence-electron chi connectivity index (χ0n) is 14.5. The second-order valence-corrected chi connectivity index (χ2v) is 6.34. The fraction of sp³-hybridized carbons (Fsp3) is 0.438. The Morgan fingerprint density at radius 2 is 2.00 bits per heavy atom. The quantitative estimate of drug-likeness (QED) is 0.715. The van der Waals surface area contributed by atoms with Crippen LogP contribution in [0.2, 0.25) is 0 Å². The van der Waals surface area contributed by atoms with Crippen LogP contribution in [0, 0.1) is 0 Å². The summed E-state index contributed by atoms with van der Waals surface area (Å²) in [5.74, 6) is 1.45. The molecule has 0 aliphatic heterocycles. The lowest BCUT2D eigenvalue weighted by Crippen LogP contribution is -2.28. The molecule has 130 valence electrons. The van der Waals surface area contributed by atoms with E-state index in [1.807, 2.05) is 24.5 Å². The third-order valence-electron chi connectivity index (χ3n) is 3.55. The number of hydrogen-bond acceptors (Lipinski definition) is 6. The van der Waals surface area contributed by atoms with Crippen LogP contribution in [-0.2, 0) is 4.79 Å². The number of rotatable bonds is 7. The third-order valence-corrected chi connectivity index (χ3v) is 4.49. The van der Waals surface area contributed by atoms with Gasteiger partial charge in [-0.3, -0.25) is 4.79 Å². The second-order valence-electron chi connectivity index (χ2n) is 5.40. The Bertz CT molecular complexity index is 702. The standard InChI is InChI=1S/C16H22N4O3S/c1-11(2)20-10-17-18-16(20)24-9-15(21)19(3)12-6-7-13(22-4)14(8-12)23-5/h6-8,10-11H,9H2,1-5H3. The Labute approximate surface area is 146 Å². The summed E-state index contributed by atoms with van der Waals surface area (Å²) in [6.45, 7) is 4.09. The van der Waals surface area contributed by atoms with Crippen molar-refractivity contribution in [3.63, 3.8) is 0 Å². The van der Waals surface area contributed by atoms with Crippen LogP contribution in [0.1, 0.15) is 19.9 Å². The van der Waals surface area contributed by atoms with E-state index in [4.69, 9.17) is 9.47 Å². The first kappa shape index (κ1) is 18.1. The molecule has 1 aromatic heterocycles. The molecule has 0 spiro atoms. The minimum atomic E-state index is -0.0365. The minimum absolute atomic E-state index is 0.0365. The van der Waals surface area contributed by atoms with Crippen molar-refractivity contribution in [3.05, 3.63) is 24.5 Å². The summed E-state index contributed by atoms with van der Waals surface area (Å²) in [5.41, 5.74) is 0.739. The van der Waals surface area contributed by atoms with Crippen molar-refractivity contribution in [1.82, 2.24) is 14.8 Å². The van der Waals surface area contributed by atoms with Gasteiger partial charge in [-0.05, 0) is 26.0 Å². The van der Waals surface area contributed by atoms with Crippen molar-refractivity contribution in [2.24, 2.45) is 0 Å². The number of carbonyl (C=O) groups excluding carboxylic acids is 1. The predicted octanol–water partition coefficient (Wildman–Crippen LogP) is 2.63. The Balaban J connectivity index is 2.05. The number of anilines is 1. The van der Waals surface area contributed by atoms with Gasteiger partial charge < -0.3 is 18.9 Å². The summed E-state index contributed by atoms with van der Waals surface area (Å²) >= 11 is 1.37. The first-order valence-electron chi connectivity index (χ1n) is 7.48. The largest absolute Gasteiger partial charge is 0.493 e. The van der Waals surface area contributed by atoms with Gasteiger partial charge in [0.2, 0.25) is 5.91 Å². The molecule has 0 aliphatic rings. The van der Waals surface area contributed by atoms with E-state index in [0.29, 0.717) is 11.5 Å². The summed E-state index contributed by atoms with van der Waals surface area (Å²) in [7, 11) is 4.88. The zero-order chi connectivity index (χ0) is 17.7. The monoisotopic (exact) mass is 350 g/mol. The van der Waals surface area contributed by atoms with Gasteiger partial charge in [0.05, 0.1) is 20.0 Å². The lowest BCUT2D eigenvalue weighted by atomic mass is 10.2. The number of thioether (sulfide) groups is 1. The fourth-order valence-corrected chi connectivity index (χ4v) is 3.05. The second kappa shape index (κ2) is 8.05. The molecule has 0 saturated heterocycles. The number of hydrogen-bond donors (Lipinski definition) is 0. The first-order chi connectivity index (χ1) is 11.5. The molecule has 7 nitrogen and oxygen atoms in total. The van der Waals surface area contributed by atoms with E-state index in [2.05, 4.69) is 10.2 Å². The Morgan fingerprint density at radius 3 is 2.62 bits per heavy atom. The molecule has 0 aliphatic carbocycles. The van der Waals surface area contributed by atoms with Crippen LogP contribution in [0.5, 0.6) is 11.5 Å². The topological polar surface area (TPSA) is 69.5 Å². The molecule has 8 heteroatoms. The molecule has 0 atom stereocenters. The molecule has 2 aromatic rings. The van der Waals surface area contributed by atoms with E-state index in [1.165, 1.54) is 11.8 Å². The summed E-state index contributed by atoms with van der Waals surface area (Å²) in [6.07, 6.45) is 1.68. The summed E-state index contributed by atoms with van der Waals surface area (Å²) in [5, 5.41) is 8.70. The summed E-state index contributed by atoms with van der Waals surface area (Å²) in [4.78, 5) is 14.0. The predicted molar refractivity (Wildman–Crippen MR) is 94.1 cm³/mol. The Kier molecular flexibility index (Phi) is 6.08. The highest BCUT2D eigenvalue weighted by atomic mass is 32.2. The molecule has 1 aromatic carbocycles. The summed E-state index contributed by atoms with van der Waals surface area (Å²) < 4.78 is 12.4. The average Bonchev–Trinajstić information content (AvgIpc) is 3.07. The lowest BCUT2D eigenvalue weighted by Gasteiger charge is -2.19. The minimum Gasteiger partial charge on any atom is -0.493 e. The zero-order valence-corrected chi connectivity index (χ0v) is 15.3. The van der Waals surface area contributed by atoms with E-state index in [0.717, 1.165) is 10.8 Å². The maximum atomic E-state index is 12.4. The molecule has 0 radical (unpaired) electrons. The number of benzene rings is 1. The highest BCUT2D eigenvalue weighted by molar-refractivity contribution is 7.99. The van der Waals surface area contributed by atoms with Gasteiger partial charge in [-0.15, -0.1) is 10.2 Å². The van der Waals surface area contributed by atoms with E-state index in [-0.39, 0.29) is 17.7 Å². The van der Waals surface area contributed by atoms with Crippen molar-refractivity contribution < 1.29 is 14.3 Å². The van der Waals surface area contributed by atoms with Crippen molar-refractivity contribution >= 4 is 23.4 Å². The van der Waals surface area contributed by atoms with Gasteiger partial charge in [-0.2, -0.15) is 0 Å². The number of aromatic nitrogens is 3. The van der Waals surface area contributed by atoms with Crippen LogP contribution < -0.4 is 14.4 Å². The van der Waals surface area contributed by atoms with Crippen LogP contribution >= 0.6 is 11.8 Å². The van der Waals surface area contributed by atoms with Gasteiger partial charge in [0.25, 0.3) is 0 Å². The van der Waals surface area contributed by atoms with Crippen molar-refractivity contribution in [2.75, 3.05) is 31.9 Å². The van der Waals surface area contributed by atoms with Gasteiger partial charge in [-0.25, -0.2) is 0 Å². The van der Waals surface area contributed by atoms with Crippen molar-refractivity contribution in [3.8, 4) is 11.5 Å². The van der Waals surface area contributed by atoms with Gasteiger partial charge in [0.15, 0.2) is 16.7 Å². The van der Waals surface area contributed by atoms with E-state index in [1.54, 1.807) is 44.6 Å². The van der Waals surface area contributed by atoms with Crippen LogP contribution in [0.15, 0.2) is 29.7 Å². The molecule has 1 amide bonds. The van der Waals surface area contributed by atoms with Crippen LogP contribution in [0.4, 0.5) is 5.69 Å². The fourth-order valence-electron chi connectivity index (χ4n) is 2.09. The molecule has 0 bridgehead atoms. The van der Waals surface area contributed by atoms with Crippen LogP contribution in [0.25, 0.3) is 0 Å². The van der Waals surface area contributed by atoms with E-state index < -0.39 is 0 Å². The number of carbonyl (C=O) groups is 1. The number of ether oxygens (including phenoxy) is 2. The molecule has 0 unspecified atom stereocenters. The van der Waals surface area contributed by atoms with Crippen LogP contribution in [-0.4, -0.2) is 47.7 Å². The molecular weight excluding hydrogens is 328 g/mol. The summed E-state index contributed by atoms with van der Waals surface area (Å²) in [6, 6.07) is 5.63. The number of amides is 1. The molecule has 2 rings (SSSR count). The SMILES string of the molecule is COc1ccc(N(C)C(=O)CSc2nncn2C(C)C)cc1OC. The Morgan fingerprint density at radius 1 is 1.29 bits per heavy atom. The van der Waals surface area contributed by atoms with Crippen LogP contribution in [0.3, 0.4) is 0 Å². The molecule has 0 saturated carbocycles. The molecule has 0 N–H and O–H groups in total. The van der Waals surface area contributed by atoms with Crippen molar-refractivity contribution in [2.45, 2.75) is 25.0 Å². The lowest BCUT2D eigenvalue weighted by molar-refractivity contribution is -0.115. The normalized spacial score (nSPS) is 10.8. The first-order valence-corrected chi connectivity index (χ1v) is 8.47.